The third-order valence-electron chi connectivity index (χ3n) is 12.7. The van der Waals surface area contributed by atoms with Crippen LogP contribution in [0.5, 0.6) is 0 Å². The van der Waals surface area contributed by atoms with Gasteiger partial charge in [-0.2, -0.15) is 0 Å². The first-order valence-corrected chi connectivity index (χ1v) is 26.2. The molecule has 9 unspecified atom stereocenters. The van der Waals surface area contributed by atoms with Crippen LogP contribution in [0, 0.1) is 0 Å². The number of aliphatic hydroxyl groups excluding tert-OH is 7. The molecule has 1 heterocycles. The van der Waals surface area contributed by atoms with Crippen LogP contribution in [-0.4, -0.2) is 110 Å². The summed E-state index contributed by atoms with van der Waals surface area (Å²) in [5.41, 5.74) is 0. The first-order chi connectivity index (χ1) is 30.7. The normalized spacial score (nSPS) is 21.3. The molecule has 0 bridgehead atoms. The van der Waals surface area contributed by atoms with E-state index in [9.17, 15) is 40.5 Å². The zero-order valence-corrected chi connectivity index (χ0v) is 40.3. The first-order valence-electron chi connectivity index (χ1n) is 26.2. The van der Waals surface area contributed by atoms with E-state index in [4.69, 9.17) is 9.47 Å². The zero-order chi connectivity index (χ0) is 46.2. The fraction of sp³-hybridized carbons (Fsp3) is 0.904. The largest absolute Gasteiger partial charge is 0.394 e. The summed E-state index contributed by atoms with van der Waals surface area (Å²) < 4.78 is 11.1. The van der Waals surface area contributed by atoms with Gasteiger partial charge in [0.2, 0.25) is 5.91 Å². The summed E-state index contributed by atoms with van der Waals surface area (Å²) in [6.07, 6.45) is 36.8. The maximum Gasteiger partial charge on any atom is 0.249 e. The van der Waals surface area contributed by atoms with E-state index in [2.05, 4.69) is 43.5 Å². The zero-order valence-electron chi connectivity index (χ0n) is 40.3. The lowest BCUT2D eigenvalue weighted by molar-refractivity contribution is -0.303. The lowest BCUT2D eigenvalue weighted by Crippen LogP contribution is -2.60. The molecule has 0 radical (unpaired) electrons. The highest BCUT2D eigenvalue weighted by Crippen LogP contribution is 2.23. The number of ether oxygens (including phenoxy) is 2. The van der Waals surface area contributed by atoms with Crippen molar-refractivity contribution in [3.8, 4) is 0 Å². The van der Waals surface area contributed by atoms with Crippen molar-refractivity contribution in [1.82, 2.24) is 5.32 Å². The smallest absolute Gasteiger partial charge is 0.249 e. The highest BCUT2D eigenvalue weighted by molar-refractivity contribution is 5.80. The number of amides is 1. The molecule has 8 N–H and O–H groups in total. The summed E-state index contributed by atoms with van der Waals surface area (Å²) in [5, 5.41) is 75.7. The second-order valence-corrected chi connectivity index (χ2v) is 18.6. The molecular weight excluding hydrogens is 799 g/mol. The molecule has 1 amide bonds. The van der Waals surface area contributed by atoms with Gasteiger partial charge in [-0.1, -0.05) is 212 Å². The fourth-order valence-electron chi connectivity index (χ4n) is 8.39. The van der Waals surface area contributed by atoms with Crippen LogP contribution < -0.4 is 5.32 Å². The number of unbranched alkanes of at least 4 members (excludes halogenated alkanes) is 28. The van der Waals surface area contributed by atoms with Gasteiger partial charge < -0.3 is 50.5 Å². The van der Waals surface area contributed by atoms with Crippen molar-refractivity contribution in [3.63, 3.8) is 0 Å². The number of rotatable bonds is 44. The Labute approximate surface area is 384 Å². The lowest BCUT2D eigenvalue weighted by Gasteiger charge is -2.40. The van der Waals surface area contributed by atoms with E-state index in [0.717, 1.165) is 38.5 Å². The van der Waals surface area contributed by atoms with Crippen LogP contribution in [0.25, 0.3) is 0 Å². The van der Waals surface area contributed by atoms with Crippen LogP contribution in [0.3, 0.4) is 0 Å². The summed E-state index contributed by atoms with van der Waals surface area (Å²) in [4.78, 5) is 13.1. The topological polar surface area (TPSA) is 189 Å². The van der Waals surface area contributed by atoms with E-state index >= 15 is 0 Å². The summed E-state index contributed by atoms with van der Waals surface area (Å²) >= 11 is 0. The molecule has 11 heteroatoms. The third-order valence-corrected chi connectivity index (χ3v) is 12.7. The fourth-order valence-corrected chi connectivity index (χ4v) is 8.39. The van der Waals surface area contributed by atoms with Gasteiger partial charge in [0.25, 0.3) is 0 Å². The van der Waals surface area contributed by atoms with Crippen molar-refractivity contribution >= 4 is 5.91 Å². The average Bonchev–Trinajstić information content (AvgIpc) is 3.28. The molecule has 0 aliphatic carbocycles. The van der Waals surface area contributed by atoms with E-state index in [1.54, 1.807) is 0 Å². The Kier molecular flexibility index (Phi) is 39.7. The summed E-state index contributed by atoms with van der Waals surface area (Å²) in [6, 6.07) is -1.19. The van der Waals surface area contributed by atoms with Gasteiger partial charge in [0.15, 0.2) is 6.29 Å². The molecule has 0 aromatic carbocycles. The highest BCUT2D eigenvalue weighted by atomic mass is 16.7. The molecule has 1 fully saturated rings. The van der Waals surface area contributed by atoms with Crippen LogP contribution >= 0.6 is 0 Å². The minimum Gasteiger partial charge on any atom is -0.394 e. The van der Waals surface area contributed by atoms with Gasteiger partial charge >= 0.3 is 0 Å². The molecule has 11 nitrogen and oxygen atoms in total. The van der Waals surface area contributed by atoms with Crippen LogP contribution in [-0.2, 0) is 14.3 Å². The van der Waals surface area contributed by atoms with E-state index in [1.807, 2.05) is 0 Å². The van der Waals surface area contributed by atoms with Crippen molar-refractivity contribution < 1.29 is 50.0 Å². The molecule has 63 heavy (non-hydrogen) atoms. The first kappa shape index (κ1) is 59.6. The van der Waals surface area contributed by atoms with E-state index in [1.165, 1.54) is 148 Å². The summed E-state index contributed by atoms with van der Waals surface area (Å²) in [5.74, 6) is -0.709. The summed E-state index contributed by atoms with van der Waals surface area (Å²) in [6.45, 7) is 3.38. The number of carbonyl (C=O) groups excluding carboxylic acids is 1. The minimum absolute atomic E-state index is 0.247. The molecule has 0 spiro atoms. The Morgan fingerprint density at radius 2 is 0.952 bits per heavy atom. The van der Waals surface area contributed by atoms with Crippen molar-refractivity contribution in [1.29, 1.82) is 0 Å². The van der Waals surface area contributed by atoms with Crippen molar-refractivity contribution in [3.05, 3.63) is 24.3 Å². The van der Waals surface area contributed by atoms with Gasteiger partial charge in [0.05, 0.1) is 25.4 Å². The van der Waals surface area contributed by atoms with Gasteiger partial charge in [0.1, 0.15) is 36.6 Å². The number of hydrogen-bond donors (Lipinski definition) is 8. The molecule has 1 aliphatic rings. The number of aliphatic hydroxyl groups is 7. The number of carbonyl (C=O) groups is 1. The molecule has 372 valence electrons. The van der Waals surface area contributed by atoms with Gasteiger partial charge in [0, 0.05) is 0 Å². The van der Waals surface area contributed by atoms with E-state index in [-0.39, 0.29) is 12.8 Å². The molecule has 1 rings (SSSR count). The monoisotopic (exact) mass is 898 g/mol. The molecule has 1 aliphatic heterocycles. The van der Waals surface area contributed by atoms with Gasteiger partial charge in [-0.3, -0.25) is 4.79 Å². The van der Waals surface area contributed by atoms with Crippen LogP contribution in [0.1, 0.15) is 232 Å². The van der Waals surface area contributed by atoms with Crippen LogP contribution in [0.2, 0.25) is 0 Å². The second kappa shape index (κ2) is 42.0. The molecule has 0 aromatic heterocycles. The van der Waals surface area contributed by atoms with Gasteiger partial charge in [-0.25, -0.2) is 0 Å². The van der Waals surface area contributed by atoms with E-state index in [0.29, 0.717) is 19.3 Å². The molecule has 9 atom stereocenters. The predicted octanol–water partition coefficient (Wildman–Crippen LogP) is 9.79. The quantitative estimate of drug-likeness (QED) is 0.0216. The second-order valence-electron chi connectivity index (χ2n) is 18.6. The van der Waals surface area contributed by atoms with Crippen LogP contribution in [0.15, 0.2) is 24.3 Å². The standard InChI is InChI=1S/C52H99NO10/c1-3-5-7-9-11-13-15-16-17-18-19-20-21-22-23-24-25-26-27-28-30-32-34-36-38-40-45(56)51(61)53-43(42-62-52-50(60)49(59)48(58)46(41-54)63-52)47(57)44(55)39-37-35-33-31-29-14-12-10-8-6-4-2/h10,12,31,33,43-50,52,54-60H,3-9,11,13-30,32,34-42H2,1-2H3,(H,53,61)/b12-10+,33-31+. The highest BCUT2D eigenvalue weighted by Gasteiger charge is 2.44. The number of hydrogen-bond acceptors (Lipinski definition) is 10. The molecule has 0 saturated carbocycles. The molecule has 1 saturated heterocycles. The Hall–Kier alpha value is -1.41. The predicted molar refractivity (Wildman–Crippen MR) is 256 cm³/mol. The van der Waals surface area contributed by atoms with Crippen molar-refractivity contribution in [2.45, 2.75) is 287 Å². The minimum atomic E-state index is -1.67. The Balaban J connectivity index is 2.29. The van der Waals surface area contributed by atoms with E-state index < -0.39 is 74.2 Å². The molecular formula is C52H99NO10. The Morgan fingerprint density at radius 1 is 0.540 bits per heavy atom. The van der Waals surface area contributed by atoms with Crippen LogP contribution in [0.4, 0.5) is 0 Å². The summed E-state index contributed by atoms with van der Waals surface area (Å²) in [7, 11) is 0. The van der Waals surface area contributed by atoms with Crippen molar-refractivity contribution in [2.75, 3.05) is 13.2 Å². The maximum absolute atomic E-state index is 13.1. The van der Waals surface area contributed by atoms with Gasteiger partial charge in [-0.15, -0.1) is 0 Å². The number of nitrogens with one attached hydrogen (secondary N) is 1. The molecule has 0 aromatic rings. The average molecular weight is 898 g/mol. The van der Waals surface area contributed by atoms with Gasteiger partial charge in [-0.05, 0) is 44.9 Å². The SMILES string of the molecule is CCCC/C=C/CC/C=C/CCCC(O)C(O)C(COC1OC(CO)C(O)C(O)C1O)NC(=O)C(O)CCCCCCCCCCCCCCCCCCCCCCCCCCC. The Bertz CT molecular complexity index is 1080. The third kappa shape index (κ3) is 31.2. The Morgan fingerprint density at radius 3 is 1.40 bits per heavy atom. The maximum atomic E-state index is 13.1. The number of allylic oxidation sites excluding steroid dienone is 4. The van der Waals surface area contributed by atoms with Crippen molar-refractivity contribution in [2.24, 2.45) is 0 Å². The lowest BCUT2D eigenvalue weighted by atomic mass is 9.98.